The Balaban J connectivity index is 2.77. The Morgan fingerprint density at radius 1 is 1.28 bits per heavy atom. The SMILES string of the molecule is C/C=C/C(F)C(F)(F)Oc1ccc([C@@H](C)N)cc1. The number of halogens is 3. The molecule has 0 saturated heterocycles. The molecule has 1 unspecified atom stereocenters. The van der Waals surface area contributed by atoms with E-state index in [0.717, 1.165) is 11.6 Å². The Kier molecular flexibility index (Phi) is 4.78. The fourth-order valence-electron chi connectivity index (χ4n) is 1.33. The number of hydrogen-bond acceptors (Lipinski definition) is 2. The molecule has 0 aromatic heterocycles. The van der Waals surface area contributed by atoms with Crippen molar-refractivity contribution >= 4 is 0 Å². The Bertz CT molecular complexity index is 401. The molecule has 18 heavy (non-hydrogen) atoms. The predicted molar refractivity (Wildman–Crippen MR) is 64.3 cm³/mol. The topological polar surface area (TPSA) is 35.2 Å². The second-order valence-corrected chi connectivity index (χ2v) is 3.95. The van der Waals surface area contributed by atoms with Crippen LogP contribution in [0, 0.1) is 0 Å². The van der Waals surface area contributed by atoms with Crippen molar-refractivity contribution in [2.45, 2.75) is 32.2 Å². The van der Waals surface area contributed by atoms with Crippen LogP contribution in [0.25, 0.3) is 0 Å². The predicted octanol–water partition coefficient (Wildman–Crippen LogP) is 3.59. The molecule has 0 saturated carbocycles. The van der Waals surface area contributed by atoms with Gasteiger partial charge in [-0.05, 0) is 37.6 Å². The number of benzene rings is 1. The molecule has 0 amide bonds. The van der Waals surface area contributed by atoms with Crippen LogP contribution in [0.15, 0.2) is 36.4 Å². The molecule has 1 aromatic rings. The minimum absolute atomic E-state index is 0.100. The second kappa shape index (κ2) is 5.91. The van der Waals surface area contributed by atoms with E-state index in [4.69, 9.17) is 5.73 Å². The first kappa shape index (κ1) is 14.6. The van der Waals surface area contributed by atoms with Crippen molar-refractivity contribution in [3.8, 4) is 5.75 Å². The van der Waals surface area contributed by atoms with Gasteiger partial charge in [0, 0.05) is 6.04 Å². The van der Waals surface area contributed by atoms with Crippen molar-refractivity contribution in [2.75, 3.05) is 0 Å². The first-order valence-electron chi connectivity index (χ1n) is 5.56. The summed E-state index contributed by atoms with van der Waals surface area (Å²) in [6.45, 7) is 3.23. The number of alkyl halides is 3. The highest BCUT2D eigenvalue weighted by atomic mass is 19.3. The summed E-state index contributed by atoms with van der Waals surface area (Å²) in [4.78, 5) is 0. The molecule has 2 atom stereocenters. The van der Waals surface area contributed by atoms with Gasteiger partial charge in [0.15, 0.2) is 0 Å². The molecule has 5 heteroatoms. The first-order chi connectivity index (χ1) is 8.36. The van der Waals surface area contributed by atoms with Crippen LogP contribution in [0.1, 0.15) is 25.5 Å². The quantitative estimate of drug-likeness (QED) is 0.820. The summed E-state index contributed by atoms with van der Waals surface area (Å²) in [6, 6.07) is 5.62. The largest absolute Gasteiger partial charge is 0.433 e. The van der Waals surface area contributed by atoms with Crippen LogP contribution in [-0.4, -0.2) is 12.3 Å². The molecule has 2 N–H and O–H groups in total. The fraction of sp³-hybridized carbons (Fsp3) is 0.385. The summed E-state index contributed by atoms with van der Waals surface area (Å²) in [5.41, 5.74) is 6.41. The molecule has 0 aliphatic rings. The van der Waals surface area contributed by atoms with E-state index in [-0.39, 0.29) is 11.8 Å². The van der Waals surface area contributed by atoms with Gasteiger partial charge < -0.3 is 10.5 Å². The van der Waals surface area contributed by atoms with Gasteiger partial charge in [0.05, 0.1) is 0 Å². The monoisotopic (exact) mass is 259 g/mol. The van der Waals surface area contributed by atoms with Crippen LogP contribution in [-0.2, 0) is 0 Å². The Labute approximate surface area is 104 Å². The van der Waals surface area contributed by atoms with Gasteiger partial charge in [0.2, 0.25) is 6.17 Å². The van der Waals surface area contributed by atoms with Gasteiger partial charge in [0.25, 0.3) is 0 Å². The van der Waals surface area contributed by atoms with Gasteiger partial charge >= 0.3 is 6.11 Å². The highest BCUT2D eigenvalue weighted by Gasteiger charge is 2.41. The lowest BCUT2D eigenvalue weighted by Gasteiger charge is -2.19. The van der Waals surface area contributed by atoms with Crippen molar-refractivity contribution in [1.29, 1.82) is 0 Å². The van der Waals surface area contributed by atoms with Crippen molar-refractivity contribution in [3.05, 3.63) is 42.0 Å². The lowest BCUT2D eigenvalue weighted by molar-refractivity contribution is -0.207. The number of ether oxygens (including phenoxy) is 1. The third-order valence-electron chi connectivity index (χ3n) is 2.34. The summed E-state index contributed by atoms with van der Waals surface area (Å²) in [7, 11) is 0. The van der Waals surface area contributed by atoms with E-state index in [1.54, 1.807) is 19.1 Å². The maximum Gasteiger partial charge on any atom is 0.433 e. The van der Waals surface area contributed by atoms with Crippen LogP contribution in [0.3, 0.4) is 0 Å². The molecule has 2 nitrogen and oxygen atoms in total. The van der Waals surface area contributed by atoms with Gasteiger partial charge in [-0.15, -0.1) is 0 Å². The highest BCUT2D eigenvalue weighted by molar-refractivity contribution is 5.29. The zero-order valence-corrected chi connectivity index (χ0v) is 10.2. The lowest BCUT2D eigenvalue weighted by atomic mass is 10.1. The van der Waals surface area contributed by atoms with Crippen LogP contribution in [0.2, 0.25) is 0 Å². The number of nitrogens with two attached hydrogens (primary N) is 1. The van der Waals surface area contributed by atoms with Gasteiger partial charge in [-0.1, -0.05) is 18.2 Å². The summed E-state index contributed by atoms with van der Waals surface area (Å²) in [5, 5.41) is 0. The van der Waals surface area contributed by atoms with Gasteiger partial charge in [-0.2, -0.15) is 8.78 Å². The third kappa shape index (κ3) is 3.77. The zero-order valence-electron chi connectivity index (χ0n) is 10.2. The summed E-state index contributed by atoms with van der Waals surface area (Å²) in [5.74, 6) is -0.100. The second-order valence-electron chi connectivity index (χ2n) is 3.95. The first-order valence-corrected chi connectivity index (χ1v) is 5.56. The van der Waals surface area contributed by atoms with Gasteiger partial charge in [-0.3, -0.25) is 0 Å². The van der Waals surface area contributed by atoms with E-state index >= 15 is 0 Å². The zero-order chi connectivity index (χ0) is 13.8. The molecule has 0 aliphatic heterocycles. The minimum Gasteiger partial charge on any atom is -0.430 e. The summed E-state index contributed by atoms with van der Waals surface area (Å²) >= 11 is 0. The number of hydrogen-bond donors (Lipinski definition) is 1. The minimum atomic E-state index is -3.89. The molecule has 0 bridgehead atoms. The van der Waals surface area contributed by atoms with Crippen molar-refractivity contribution in [2.24, 2.45) is 5.73 Å². The maximum absolute atomic E-state index is 13.3. The average molecular weight is 259 g/mol. The van der Waals surface area contributed by atoms with Crippen molar-refractivity contribution in [1.82, 2.24) is 0 Å². The van der Waals surface area contributed by atoms with E-state index in [1.165, 1.54) is 25.1 Å². The Hall–Kier alpha value is -1.49. The van der Waals surface area contributed by atoms with Crippen molar-refractivity contribution < 1.29 is 17.9 Å². The fourth-order valence-corrected chi connectivity index (χ4v) is 1.33. The molecule has 0 spiro atoms. The van der Waals surface area contributed by atoms with Crippen molar-refractivity contribution in [3.63, 3.8) is 0 Å². The lowest BCUT2D eigenvalue weighted by Crippen LogP contribution is -2.35. The van der Waals surface area contributed by atoms with E-state index in [0.29, 0.717) is 0 Å². The standard InChI is InChI=1S/C13H16F3NO/c1-3-4-12(14)13(15,16)18-11-7-5-10(6-8-11)9(2)17/h3-9,12H,17H2,1-2H3/b4-3+/t9-,12?/m1/s1. The molecule has 0 aliphatic carbocycles. The Morgan fingerprint density at radius 3 is 2.28 bits per heavy atom. The van der Waals surface area contributed by atoms with E-state index in [2.05, 4.69) is 4.74 Å². The molecule has 1 rings (SSSR count). The van der Waals surface area contributed by atoms with E-state index in [9.17, 15) is 13.2 Å². The number of allylic oxidation sites excluding steroid dienone is 1. The molecule has 100 valence electrons. The summed E-state index contributed by atoms with van der Waals surface area (Å²) < 4.78 is 44.0. The smallest absolute Gasteiger partial charge is 0.430 e. The van der Waals surface area contributed by atoms with Crippen LogP contribution in [0.4, 0.5) is 13.2 Å². The van der Waals surface area contributed by atoms with Gasteiger partial charge in [0.1, 0.15) is 5.75 Å². The Morgan fingerprint density at radius 2 is 1.83 bits per heavy atom. The summed E-state index contributed by atoms with van der Waals surface area (Å²) in [6.07, 6.45) is -4.41. The molecule has 0 radical (unpaired) electrons. The molecule has 0 heterocycles. The molecular weight excluding hydrogens is 243 g/mol. The third-order valence-corrected chi connectivity index (χ3v) is 2.34. The highest BCUT2D eigenvalue weighted by Crippen LogP contribution is 2.28. The average Bonchev–Trinajstić information content (AvgIpc) is 2.29. The molecule has 1 aromatic carbocycles. The maximum atomic E-state index is 13.3. The molecule has 0 fully saturated rings. The molecular formula is C13H16F3NO. The van der Waals surface area contributed by atoms with Crippen LogP contribution in [0.5, 0.6) is 5.75 Å². The van der Waals surface area contributed by atoms with Crippen LogP contribution < -0.4 is 10.5 Å². The van der Waals surface area contributed by atoms with Crippen LogP contribution >= 0.6 is 0 Å². The normalized spacial score (nSPS) is 15.7. The van der Waals surface area contributed by atoms with Gasteiger partial charge in [-0.25, -0.2) is 4.39 Å². The van der Waals surface area contributed by atoms with E-state index < -0.39 is 12.3 Å². The van der Waals surface area contributed by atoms with E-state index in [1.807, 2.05) is 0 Å². The number of rotatable bonds is 5.